The van der Waals surface area contributed by atoms with E-state index in [4.69, 9.17) is 0 Å². The van der Waals surface area contributed by atoms with E-state index in [1.54, 1.807) is 18.6 Å². The first-order valence-corrected chi connectivity index (χ1v) is 9.23. The average molecular weight is 333 g/mol. The first kappa shape index (κ1) is 18.7. The number of carbonyl (C=O) groups excluding carboxylic acids is 1. The number of aromatic nitrogens is 2. The summed E-state index contributed by atoms with van der Waals surface area (Å²) in [5.74, 6) is -0.0609. The number of unbranched alkanes of at least 4 members (excludes halogenated alkanes) is 1. The minimum atomic E-state index is -0.0609. The van der Waals surface area contributed by atoms with Gasteiger partial charge in [-0.15, -0.1) is 0 Å². The van der Waals surface area contributed by atoms with E-state index in [2.05, 4.69) is 25.9 Å². The standard InChI is InChI=1S/C18H31N5O/c24-18(9-8-17-14-20-15-23-17)22-11-5-4-10-19-12-13-21-16-6-2-1-3-7-16/h8-9,14-16,19,21H,1-7,10-13H2,(H,20,23)(H,22,24)/b9-8+. The van der Waals surface area contributed by atoms with Crippen molar-refractivity contribution in [1.82, 2.24) is 25.9 Å². The first-order valence-electron chi connectivity index (χ1n) is 9.23. The van der Waals surface area contributed by atoms with Crippen LogP contribution in [0.3, 0.4) is 0 Å². The number of nitrogens with one attached hydrogen (secondary N) is 4. The molecular weight excluding hydrogens is 302 g/mol. The highest BCUT2D eigenvalue weighted by molar-refractivity contribution is 5.91. The van der Waals surface area contributed by atoms with Crippen LogP contribution in [0.25, 0.3) is 6.08 Å². The average Bonchev–Trinajstić information content (AvgIpc) is 3.13. The molecule has 0 saturated heterocycles. The third-order valence-electron chi connectivity index (χ3n) is 4.35. The third kappa shape index (κ3) is 8.26. The highest BCUT2D eigenvalue weighted by Gasteiger charge is 2.11. The number of rotatable bonds is 11. The van der Waals surface area contributed by atoms with E-state index in [1.165, 1.54) is 38.2 Å². The lowest BCUT2D eigenvalue weighted by Crippen LogP contribution is -2.36. The number of nitrogens with zero attached hydrogens (tertiary/aromatic N) is 1. The predicted octanol–water partition coefficient (Wildman–Crippen LogP) is 1.83. The molecule has 1 amide bonds. The van der Waals surface area contributed by atoms with E-state index in [9.17, 15) is 4.79 Å². The minimum absolute atomic E-state index is 0.0609. The molecule has 0 radical (unpaired) electrons. The molecule has 0 aliphatic heterocycles. The fourth-order valence-electron chi connectivity index (χ4n) is 2.97. The first-order chi connectivity index (χ1) is 11.8. The molecule has 2 rings (SSSR count). The molecule has 1 aromatic heterocycles. The summed E-state index contributed by atoms with van der Waals surface area (Å²) in [6.07, 6.45) is 15.5. The Morgan fingerprint density at radius 1 is 1.17 bits per heavy atom. The van der Waals surface area contributed by atoms with Gasteiger partial charge in [-0.1, -0.05) is 19.3 Å². The van der Waals surface area contributed by atoms with Gasteiger partial charge in [-0.3, -0.25) is 4.79 Å². The molecule has 0 unspecified atom stereocenters. The Hall–Kier alpha value is -1.66. The van der Waals surface area contributed by atoms with Crippen molar-refractivity contribution in [2.45, 2.75) is 51.0 Å². The van der Waals surface area contributed by atoms with Crippen molar-refractivity contribution in [2.24, 2.45) is 0 Å². The van der Waals surface area contributed by atoms with Crippen LogP contribution in [-0.4, -0.2) is 48.1 Å². The van der Waals surface area contributed by atoms with Crippen LogP contribution in [0.1, 0.15) is 50.6 Å². The summed E-state index contributed by atoms with van der Waals surface area (Å²) in [6.45, 7) is 3.80. The van der Waals surface area contributed by atoms with E-state index in [-0.39, 0.29) is 5.91 Å². The van der Waals surface area contributed by atoms with E-state index in [0.29, 0.717) is 6.54 Å². The molecule has 1 heterocycles. The van der Waals surface area contributed by atoms with Gasteiger partial charge in [-0.05, 0) is 38.3 Å². The van der Waals surface area contributed by atoms with Crippen LogP contribution in [0.4, 0.5) is 0 Å². The van der Waals surface area contributed by atoms with Gasteiger partial charge in [-0.25, -0.2) is 4.98 Å². The van der Waals surface area contributed by atoms with Crippen LogP contribution >= 0.6 is 0 Å². The Kier molecular flexibility index (Phi) is 9.19. The third-order valence-corrected chi connectivity index (χ3v) is 4.35. The van der Waals surface area contributed by atoms with Crippen molar-refractivity contribution in [3.63, 3.8) is 0 Å². The molecule has 0 bridgehead atoms. The lowest BCUT2D eigenvalue weighted by molar-refractivity contribution is -0.116. The Balaban J connectivity index is 1.36. The molecule has 0 spiro atoms. The van der Waals surface area contributed by atoms with Crippen molar-refractivity contribution in [3.8, 4) is 0 Å². The second-order valence-electron chi connectivity index (χ2n) is 6.38. The second kappa shape index (κ2) is 11.8. The van der Waals surface area contributed by atoms with Crippen molar-refractivity contribution in [3.05, 3.63) is 24.3 Å². The van der Waals surface area contributed by atoms with Crippen molar-refractivity contribution >= 4 is 12.0 Å². The summed E-state index contributed by atoms with van der Waals surface area (Å²) < 4.78 is 0. The topological polar surface area (TPSA) is 81.8 Å². The fraction of sp³-hybridized carbons (Fsp3) is 0.667. The van der Waals surface area contributed by atoms with E-state index in [0.717, 1.165) is 44.2 Å². The van der Waals surface area contributed by atoms with Crippen LogP contribution in [-0.2, 0) is 4.79 Å². The molecule has 134 valence electrons. The SMILES string of the molecule is O=C(/C=C/c1cnc[nH]1)NCCCCNCCNC1CCCCC1. The zero-order valence-electron chi connectivity index (χ0n) is 14.5. The van der Waals surface area contributed by atoms with Gasteiger partial charge in [0.05, 0.1) is 18.2 Å². The number of carbonyl (C=O) groups is 1. The monoisotopic (exact) mass is 333 g/mol. The fourth-order valence-corrected chi connectivity index (χ4v) is 2.97. The molecule has 1 saturated carbocycles. The molecule has 0 atom stereocenters. The molecule has 0 aromatic carbocycles. The van der Waals surface area contributed by atoms with Gasteiger partial charge in [0.25, 0.3) is 0 Å². The molecular formula is C18H31N5O. The maximum Gasteiger partial charge on any atom is 0.244 e. The Morgan fingerprint density at radius 2 is 2.00 bits per heavy atom. The Morgan fingerprint density at radius 3 is 2.79 bits per heavy atom. The normalized spacial score (nSPS) is 15.8. The highest BCUT2D eigenvalue weighted by atomic mass is 16.1. The summed E-state index contributed by atoms with van der Waals surface area (Å²) >= 11 is 0. The van der Waals surface area contributed by atoms with Crippen molar-refractivity contribution in [2.75, 3.05) is 26.2 Å². The molecule has 1 fully saturated rings. The second-order valence-corrected chi connectivity index (χ2v) is 6.38. The minimum Gasteiger partial charge on any atom is -0.353 e. The molecule has 6 heteroatoms. The summed E-state index contributed by atoms with van der Waals surface area (Å²) in [5.41, 5.74) is 0.830. The van der Waals surface area contributed by atoms with E-state index in [1.807, 2.05) is 0 Å². The van der Waals surface area contributed by atoms with Crippen molar-refractivity contribution < 1.29 is 4.79 Å². The van der Waals surface area contributed by atoms with Gasteiger partial charge in [-0.2, -0.15) is 0 Å². The smallest absolute Gasteiger partial charge is 0.244 e. The van der Waals surface area contributed by atoms with Gasteiger partial charge in [0.15, 0.2) is 0 Å². The molecule has 6 nitrogen and oxygen atoms in total. The van der Waals surface area contributed by atoms with E-state index >= 15 is 0 Å². The maximum atomic E-state index is 11.6. The molecule has 1 aliphatic carbocycles. The van der Waals surface area contributed by atoms with Gasteiger partial charge < -0.3 is 20.9 Å². The largest absolute Gasteiger partial charge is 0.353 e. The number of hydrogen-bond acceptors (Lipinski definition) is 4. The Labute approximate surface area is 144 Å². The summed E-state index contributed by atoms with van der Waals surface area (Å²) in [5, 5.41) is 9.98. The molecule has 1 aliphatic rings. The van der Waals surface area contributed by atoms with Gasteiger partial charge in [0.1, 0.15) is 0 Å². The number of imidazole rings is 1. The summed E-state index contributed by atoms with van der Waals surface area (Å²) in [7, 11) is 0. The zero-order chi connectivity index (χ0) is 16.9. The quantitative estimate of drug-likeness (QED) is 0.368. The van der Waals surface area contributed by atoms with Crippen LogP contribution in [0.5, 0.6) is 0 Å². The molecule has 1 aromatic rings. The lowest BCUT2D eigenvalue weighted by atomic mass is 9.95. The van der Waals surface area contributed by atoms with Crippen LogP contribution in [0, 0.1) is 0 Å². The lowest BCUT2D eigenvalue weighted by Gasteiger charge is -2.22. The van der Waals surface area contributed by atoms with Gasteiger partial charge in [0.2, 0.25) is 5.91 Å². The number of aromatic amines is 1. The van der Waals surface area contributed by atoms with E-state index < -0.39 is 0 Å². The number of amides is 1. The zero-order valence-corrected chi connectivity index (χ0v) is 14.5. The molecule has 4 N–H and O–H groups in total. The summed E-state index contributed by atoms with van der Waals surface area (Å²) in [6, 6.07) is 0.741. The van der Waals surface area contributed by atoms with Crippen molar-refractivity contribution in [1.29, 1.82) is 0 Å². The summed E-state index contributed by atoms with van der Waals surface area (Å²) in [4.78, 5) is 18.4. The van der Waals surface area contributed by atoms with Gasteiger partial charge >= 0.3 is 0 Å². The molecule has 24 heavy (non-hydrogen) atoms. The Bertz CT molecular complexity index is 466. The highest BCUT2D eigenvalue weighted by Crippen LogP contribution is 2.16. The van der Waals surface area contributed by atoms with Crippen LogP contribution in [0.15, 0.2) is 18.6 Å². The van der Waals surface area contributed by atoms with Crippen LogP contribution in [0.2, 0.25) is 0 Å². The number of H-pyrrole nitrogens is 1. The maximum absolute atomic E-state index is 11.6. The number of hydrogen-bond donors (Lipinski definition) is 4. The predicted molar refractivity (Wildman–Crippen MR) is 97.6 cm³/mol. The van der Waals surface area contributed by atoms with Gasteiger partial charge in [0, 0.05) is 31.8 Å². The van der Waals surface area contributed by atoms with Crippen LogP contribution < -0.4 is 16.0 Å².